The molecule has 0 amide bonds. The van der Waals surface area contributed by atoms with Crippen LogP contribution in [0.25, 0.3) is 66.5 Å². The molecule has 0 spiro atoms. The highest BCUT2D eigenvalue weighted by atomic mass is 127. The molecule has 0 radical (unpaired) electrons. The van der Waals surface area contributed by atoms with Gasteiger partial charge in [-0.3, -0.25) is 28.7 Å². The Balaban J connectivity index is 0.000000161. The van der Waals surface area contributed by atoms with Crippen LogP contribution in [-0.4, -0.2) is 63.7 Å². The van der Waals surface area contributed by atoms with Crippen molar-refractivity contribution >= 4 is 78.1 Å². The molecule has 8 aromatic heterocycles. The van der Waals surface area contributed by atoms with E-state index >= 15 is 0 Å². The molecule has 68 heavy (non-hydrogen) atoms. The number of hydrogen-bond donors (Lipinski definition) is 3. The lowest BCUT2D eigenvalue weighted by Crippen LogP contribution is -2.25. The van der Waals surface area contributed by atoms with Crippen LogP contribution in [0.15, 0.2) is 132 Å². The summed E-state index contributed by atoms with van der Waals surface area (Å²) in [4.78, 5) is 53.6. The number of halogens is 1. The minimum absolute atomic E-state index is 0.104. The number of aryl methyl sites for hydroxylation is 4. The molecule has 0 aliphatic carbocycles. The Labute approximate surface area is 400 Å². The van der Waals surface area contributed by atoms with Gasteiger partial charge in [0.15, 0.2) is 11.3 Å². The highest BCUT2D eigenvalue weighted by Gasteiger charge is 2.22. The lowest BCUT2D eigenvalue weighted by molar-refractivity contribution is 0.475. The van der Waals surface area contributed by atoms with Gasteiger partial charge in [-0.25, -0.2) is 29.3 Å². The maximum absolute atomic E-state index is 13.9. The fraction of sp³-hybridized carbons (Fsp3) is 0.120. The van der Waals surface area contributed by atoms with Crippen LogP contribution >= 0.6 is 22.6 Å². The Morgan fingerprint density at radius 3 is 1.57 bits per heavy atom. The number of aromatic nitrogens is 12. The first kappa shape index (κ1) is 43.5. The summed E-state index contributed by atoms with van der Waals surface area (Å²) in [5.41, 5.74) is 22.5. The molecule has 5 N–H and O–H groups in total. The fourth-order valence-electron chi connectivity index (χ4n) is 8.65. The summed E-state index contributed by atoms with van der Waals surface area (Å²) in [6.07, 6.45) is 6.24. The molecule has 0 saturated carbocycles. The van der Waals surface area contributed by atoms with E-state index in [2.05, 4.69) is 57.6 Å². The van der Waals surface area contributed by atoms with E-state index in [1.54, 1.807) is 49.1 Å². The Morgan fingerprint density at radius 1 is 0.544 bits per heavy atom. The van der Waals surface area contributed by atoms with E-state index in [0.717, 1.165) is 39.3 Å². The van der Waals surface area contributed by atoms with Gasteiger partial charge in [0.25, 0.3) is 11.1 Å². The molecular weight excluding hydrogens is 972 g/mol. The van der Waals surface area contributed by atoms with E-state index in [0.29, 0.717) is 76.9 Å². The third kappa shape index (κ3) is 7.62. The number of hydrogen-bond acceptors (Lipinski definition) is 13. The zero-order chi connectivity index (χ0) is 47.4. The molecule has 0 saturated heterocycles. The van der Waals surface area contributed by atoms with Crippen LogP contribution in [0.4, 0.5) is 11.6 Å². The lowest BCUT2D eigenvalue weighted by atomic mass is 10.1. The Morgan fingerprint density at radius 2 is 1.04 bits per heavy atom. The van der Waals surface area contributed by atoms with E-state index in [9.17, 15) is 14.7 Å². The molecule has 17 nitrogen and oxygen atoms in total. The molecule has 18 heteroatoms. The standard InChI is InChI=1S/C28H23N7O2.C22H18IN7O/c1-16-6-3-4-9-22(16)35-19(13-21-23(28(35)37)17(2)10-11-30-21)14-34-27-24(26(29)31-15-32-27)25(33-34)18-7-5-8-20(36)12-18;1-12-5-3-4-6-16(12)30-14(9-15-17(22(30)31)13(2)7-8-25-15)10-29-21-18(19(23)28-29)20(24)26-11-27-21/h3-13,15,36H,14H2,1-2H3,(H2,29,31,32);3-9,11H,10H2,1-2H3,(H2,24,26,27). The second-order valence-electron chi connectivity index (χ2n) is 16.3. The fourth-order valence-corrected chi connectivity index (χ4v) is 9.43. The quantitative estimate of drug-likeness (QED) is 0.131. The molecule has 0 bridgehead atoms. The summed E-state index contributed by atoms with van der Waals surface area (Å²) < 4.78 is 7.64. The molecule has 0 unspecified atom stereocenters. The van der Waals surface area contributed by atoms with Gasteiger partial charge in [-0.2, -0.15) is 10.2 Å². The number of nitrogens with zero attached hydrogens (tertiary/aromatic N) is 12. The number of rotatable bonds is 7. The SMILES string of the molecule is Cc1ccccc1-n1c(Cn2nc(-c3cccc(O)c3)c3c(N)ncnc32)cc2nccc(C)c2c1=O.Cc1ccccc1-n1c(Cn2nc(I)c3c(N)ncnc32)cc2nccc(C)c2c1=O. The number of nitrogens with two attached hydrogens (primary N) is 2. The highest BCUT2D eigenvalue weighted by Crippen LogP contribution is 2.33. The van der Waals surface area contributed by atoms with Crippen molar-refractivity contribution in [2.45, 2.75) is 40.8 Å². The average molecular weight is 1010 g/mol. The minimum Gasteiger partial charge on any atom is -0.508 e. The van der Waals surface area contributed by atoms with E-state index in [1.165, 1.54) is 12.7 Å². The molecule has 3 aromatic carbocycles. The van der Waals surface area contributed by atoms with Crippen LogP contribution in [0.5, 0.6) is 5.75 Å². The predicted octanol–water partition coefficient (Wildman–Crippen LogP) is 7.52. The largest absolute Gasteiger partial charge is 0.508 e. The summed E-state index contributed by atoms with van der Waals surface area (Å²) in [5, 5.41) is 22.0. The van der Waals surface area contributed by atoms with Gasteiger partial charge in [-0.15, -0.1) is 0 Å². The Kier molecular flexibility index (Phi) is 11.2. The van der Waals surface area contributed by atoms with Gasteiger partial charge in [-0.05, 0) is 121 Å². The van der Waals surface area contributed by atoms with Gasteiger partial charge in [0.2, 0.25) is 0 Å². The number of fused-ring (bicyclic) bond motifs is 4. The van der Waals surface area contributed by atoms with Gasteiger partial charge in [0.1, 0.15) is 39.4 Å². The number of phenolic OH excluding ortho intramolecular Hbond substituents is 1. The molecule has 0 atom stereocenters. The monoisotopic (exact) mass is 1010 g/mol. The van der Waals surface area contributed by atoms with Crippen molar-refractivity contribution in [3.63, 3.8) is 0 Å². The third-order valence-corrected chi connectivity index (χ3v) is 12.7. The first-order valence-corrected chi connectivity index (χ1v) is 22.5. The van der Waals surface area contributed by atoms with Gasteiger partial charge < -0.3 is 16.6 Å². The van der Waals surface area contributed by atoms with Gasteiger partial charge in [0.05, 0.1) is 68.4 Å². The number of pyridine rings is 4. The predicted molar refractivity (Wildman–Crippen MR) is 271 cm³/mol. The molecule has 0 fully saturated rings. The van der Waals surface area contributed by atoms with Crippen molar-refractivity contribution in [1.29, 1.82) is 0 Å². The Hall–Kier alpha value is -8.39. The van der Waals surface area contributed by atoms with E-state index < -0.39 is 0 Å². The van der Waals surface area contributed by atoms with Gasteiger partial charge in [0, 0.05) is 18.0 Å². The van der Waals surface area contributed by atoms with Crippen molar-refractivity contribution in [2.24, 2.45) is 0 Å². The highest BCUT2D eigenvalue weighted by molar-refractivity contribution is 14.1. The first-order valence-electron chi connectivity index (χ1n) is 21.4. The second-order valence-corrected chi connectivity index (χ2v) is 17.3. The summed E-state index contributed by atoms with van der Waals surface area (Å²) in [6, 6.07) is 29.9. The topological polar surface area (TPSA) is 229 Å². The molecular formula is C50H41IN14O3. The minimum atomic E-state index is -0.147. The van der Waals surface area contributed by atoms with Crippen LogP contribution in [0.2, 0.25) is 0 Å². The van der Waals surface area contributed by atoms with E-state index in [1.807, 2.05) is 107 Å². The normalized spacial score (nSPS) is 11.4. The van der Waals surface area contributed by atoms with Crippen molar-refractivity contribution in [3.05, 3.63) is 180 Å². The van der Waals surface area contributed by atoms with Crippen molar-refractivity contribution < 1.29 is 5.11 Å². The second kappa shape index (κ2) is 17.4. The van der Waals surface area contributed by atoms with Crippen molar-refractivity contribution in [1.82, 2.24) is 58.6 Å². The van der Waals surface area contributed by atoms with Crippen molar-refractivity contribution in [3.8, 4) is 28.4 Å². The smallest absolute Gasteiger partial charge is 0.265 e. The zero-order valence-corrected chi connectivity index (χ0v) is 39.3. The van der Waals surface area contributed by atoms with Crippen LogP contribution in [-0.2, 0) is 13.1 Å². The molecule has 0 aliphatic rings. The molecule has 8 heterocycles. The number of anilines is 2. The zero-order valence-electron chi connectivity index (χ0n) is 37.1. The van der Waals surface area contributed by atoms with Crippen LogP contribution in [0.3, 0.4) is 0 Å². The molecule has 336 valence electrons. The van der Waals surface area contributed by atoms with Crippen molar-refractivity contribution in [2.75, 3.05) is 11.5 Å². The van der Waals surface area contributed by atoms with Gasteiger partial charge >= 0.3 is 0 Å². The Bertz CT molecular complexity index is 3930. The maximum atomic E-state index is 13.9. The number of nitrogen functional groups attached to an aromatic ring is 2. The van der Waals surface area contributed by atoms with Crippen LogP contribution in [0.1, 0.15) is 33.6 Å². The maximum Gasteiger partial charge on any atom is 0.265 e. The molecule has 11 aromatic rings. The number of phenols is 1. The number of para-hydroxylation sites is 2. The summed E-state index contributed by atoms with van der Waals surface area (Å²) in [5.74, 6) is 0.773. The summed E-state index contributed by atoms with van der Waals surface area (Å²) in [7, 11) is 0. The third-order valence-electron chi connectivity index (χ3n) is 11.9. The average Bonchev–Trinajstić information content (AvgIpc) is 3.85. The molecule has 0 aliphatic heterocycles. The number of aromatic hydroxyl groups is 1. The van der Waals surface area contributed by atoms with Gasteiger partial charge in [-0.1, -0.05) is 48.5 Å². The van der Waals surface area contributed by atoms with Crippen LogP contribution < -0.4 is 22.6 Å². The lowest BCUT2D eigenvalue weighted by Gasteiger charge is -2.17. The van der Waals surface area contributed by atoms with Crippen LogP contribution in [0, 0.1) is 31.4 Å². The first-order chi connectivity index (χ1) is 32.9. The summed E-state index contributed by atoms with van der Waals surface area (Å²) >= 11 is 2.13. The molecule has 11 rings (SSSR count). The summed E-state index contributed by atoms with van der Waals surface area (Å²) in [6.45, 7) is 8.35. The number of benzene rings is 3. The van der Waals surface area contributed by atoms with E-state index in [4.69, 9.17) is 16.6 Å². The van der Waals surface area contributed by atoms with E-state index in [-0.39, 0.29) is 29.2 Å².